The highest BCUT2D eigenvalue weighted by atomic mass is 19.1. The van der Waals surface area contributed by atoms with Crippen molar-refractivity contribution >= 4 is 11.6 Å². The summed E-state index contributed by atoms with van der Waals surface area (Å²) in [6.45, 7) is 1.77. The molecule has 0 bridgehead atoms. The Hall–Kier alpha value is -3.15. The second-order valence-electron chi connectivity index (χ2n) is 6.08. The van der Waals surface area contributed by atoms with Gasteiger partial charge in [-0.15, -0.1) is 0 Å². The van der Waals surface area contributed by atoms with Crippen LogP contribution in [0.15, 0.2) is 59.4 Å². The molecule has 1 amide bonds. The molecule has 6 heteroatoms. The van der Waals surface area contributed by atoms with Gasteiger partial charge >= 0.3 is 0 Å². The fourth-order valence-electron chi connectivity index (χ4n) is 2.86. The quantitative estimate of drug-likeness (QED) is 0.766. The number of amides is 1. The van der Waals surface area contributed by atoms with Gasteiger partial charge in [0.15, 0.2) is 0 Å². The van der Waals surface area contributed by atoms with E-state index in [9.17, 15) is 14.0 Å². The molecule has 0 saturated heterocycles. The van der Waals surface area contributed by atoms with Crippen LogP contribution in [0.5, 0.6) is 0 Å². The van der Waals surface area contributed by atoms with E-state index in [4.69, 9.17) is 0 Å². The molecular formula is C20H20FN3O2. The highest BCUT2D eigenvalue weighted by molar-refractivity contribution is 5.91. The second kappa shape index (κ2) is 7.39. The van der Waals surface area contributed by atoms with Gasteiger partial charge in [-0.25, -0.2) is 9.07 Å². The van der Waals surface area contributed by atoms with Crippen molar-refractivity contribution < 1.29 is 9.18 Å². The number of halogens is 1. The van der Waals surface area contributed by atoms with Crippen LogP contribution in [0.1, 0.15) is 17.7 Å². The zero-order valence-electron chi connectivity index (χ0n) is 14.7. The summed E-state index contributed by atoms with van der Waals surface area (Å²) >= 11 is 0. The molecule has 0 aliphatic carbocycles. The Morgan fingerprint density at radius 2 is 1.73 bits per heavy atom. The molecular weight excluding hydrogens is 333 g/mol. The van der Waals surface area contributed by atoms with Gasteiger partial charge in [-0.3, -0.25) is 14.3 Å². The number of carbonyl (C=O) groups excluding carboxylic acids is 1. The lowest BCUT2D eigenvalue weighted by Crippen LogP contribution is -2.23. The number of benzene rings is 2. The Kier molecular flexibility index (Phi) is 5.02. The van der Waals surface area contributed by atoms with Crippen LogP contribution in [0, 0.1) is 12.7 Å². The minimum Gasteiger partial charge on any atom is -0.320 e. The largest absolute Gasteiger partial charge is 0.320 e. The molecule has 0 aliphatic rings. The number of hydrogen-bond donors (Lipinski definition) is 1. The maximum atomic E-state index is 13.7. The van der Waals surface area contributed by atoms with Crippen LogP contribution in [0.25, 0.3) is 5.69 Å². The number of aryl methyl sites for hydroxylation is 1. The lowest BCUT2D eigenvalue weighted by atomic mass is 10.1. The average molecular weight is 353 g/mol. The van der Waals surface area contributed by atoms with Crippen LogP contribution in [0.3, 0.4) is 0 Å². The Morgan fingerprint density at radius 1 is 1.08 bits per heavy atom. The summed E-state index contributed by atoms with van der Waals surface area (Å²) in [6, 6.07) is 15.6. The molecule has 0 fully saturated rings. The van der Waals surface area contributed by atoms with E-state index in [-0.39, 0.29) is 35.8 Å². The normalized spacial score (nSPS) is 10.7. The molecule has 0 radical (unpaired) electrons. The predicted molar refractivity (Wildman–Crippen MR) is 99.1 cm³/mol. The van der Waals surface area contributed by atoms with Gasteiger partial charge in [0, 0.05) is 13.5 Å². The van der Waals surface area contributed by atoms with Crippen LogP contribution >= 0.6 is 0 Å². The highest BCUT2D eigenvalue weighted by Crippen LogP contribution is 2.15. The molecule has 3 rings (SSSR count). The fraction of sp³-hybridized carbons (Fsp3) is 0.200. The van der Waals surface area contributed by atoms with Gasteiger partial charge in [-0.1, -0.05) is 36.4 Å². The summed E-state index contributed by atoms with van der Waals surface area (Å²) in [4.78, 5) is 25.0. The molecule has 0 spiro atoms. The van der Waals surface area contributed by atoms with E-state index in [0.717, 1.165) is 5.69 Å². The Labute approximate surface area is 150 Å². The molecule has 0 saturated carbocycles. The molecule has 2 aromatic carbocycles. The number of nitrogens with zero attached hydrogens (tertiary/aromatic N) is 2. The van der Waals surface area contributed by atoms with E-state index < -0.39 is 0 Å². The van der Waals surface area contributed by atoms with E-state index in [1.807, 2.05) is 30.3 Å². The Balaban J connectivity index is 1.79. The van der Waals surface area contributed by atoms with Crippen molar-refractivity contribution in [2.24, 2.45) is 7.05 Å². The third-order valence-corrected chi connectivity index (χ3v) is 4.40. The van der Waals surface area contributed by atoms with Crippen LogP contribution < -0.4 is 10.9 Å². The summed E-state index contributed by atoms with van der Waals surface area (Å²) in [7, 11) is 1.76. The first-order valence-corrected chi connectivity index (χ1v) is 8.36. The van der Waals surface area contributed by atoms with E-state index in [1.165, 1.54) is 10.7 Å². The standard InChI is InChI=1S/C20H20FN3O2/c1-14-19(20(26)24(23(14)2)16-9-4-3-5-10-16)22-18(25)13-12-15-8-6-7-11-17(15)21/h3-11H,12-13H2,1-2H3,(H,22,25). The predicted octanol–water partition coefficient (Wildman–Crippen LogP) is 3.19. The monoisotopic (exact) mass is 353 g/mol. The number of hydrogen-bond acceptors (Lipinski definition) is 2. The number of anilines is 1. The number of carbonyl (C=O) groups is 1. The van der Waals surface area contributed by atoms with Crippen molar-refractivity contribution in [3.63, 3.8) is 0 Å². The first-order valence-electron chi connectivity index (χ1n) is 8.36. The third-order valence-electron chi connectivity index (χ3n) is 4.40. The number of nitrogens with one attached hydrogen (secondary N) is 1. The molecule has 1 heterocycles. The van der Waals surface area contributed by atoms with Gasteiger partial charge in [0.05, 0.1) is 11.4 Å². The van der Waals surface area contributed by atoms with Gasteiger partial charge in [0.2, 0.25) is 5.91 Å². The van der Waals surface area contributed by atoms with Crippen LogP contribution in [-0.4, -0.2) is 15.3 Å². The summed E-state index contributed by atoms with van der Waals surface area (Å²) in [6.07, 6.45) is 0.372. The van der Waals surface area contributed by atoms with Crippen LogP contribution in [-0.2, 0) is 18.3 Å². The molecule has 5 nitrogen and oxygen atoms in total. The first-order chi connectivity index (χ1) is 12.5. The van der Waals surface area contributed by atoms with Crippen molar-refractivity contribution in [3.8, 4) is 5.69 Å². The maximum absolute atomic E-state index is 13.7. The molecule has 3 aromatic rings. The summed E-state index contributed by atoms with van der Waals surface area (Å²) in [5, 5.41) is 2.68. The molecule has 0 unspecified atom stereocenters. The van der Waals surface area contributed by atoms with E-state index in [0.29, 0.717) is 11.3 Å². The molecule has 134 valence electrons. The molecule has 0 atom stereocenters. The van der Waals surface area contributed by atoms with Crippen LogP contribution in [0.2, 0.25) is 0 Å². The number of rotatable bonds is 5. The molecule has 1 aromatic heterocycles. The lowest BCUT2D eigenvalue weighted by Gasteiger charge is -2.07. The van der Waals surface area contributed by atoms with Crippen molar-refractivity contribution in [1.82, 2.24) is 9.36 Å². The Bertz CT molecular complexity index is 990. The minimum atomic E-state index is -0.331. The average Bonchev–Trinajstić information content (AvgIpc) is 2.85. The molecule has 0 aliphatic heterocycles. The van der Waals surface area contributed by atoms with E-state index in [2.05, 4.69) is 5.32 Å². The Morgan fingerprint density at radius 3 is 2.42 bits per heavy atom. The first kappa shape index (κ1) is 17.7. The zero-order valence-corrected chi connectivity index (χ0v) is 14.7. The van der Waals surface area contributed by atoms with E-state index >= 15 is 0 Å². The summed E-state index contributed by atoms with van der Waals surface area (Å²) < 4.78 is 16.9. The van der Waals surface area contributed by atoms with Crippen LogP contribution in [0.4, 0.5) is 10.1 Å². The topological polar surface area (TPSA) is 56.0 Å². The van der Waals surface area contributed by atoms with E-state index in [1.54, 1.807) is 36.9 Å². The van der Waals surface area contributed by atoms with Crippen molar-refractivity contribution in [3.05, 3.63) is 82.0 Å². The maximum Gasteiger partial charge on any atom is 0.295 e. The van der Waals surface area contributed by atoms with Gasteiger partial charge in [-0.2, -0.15) is 0 Å². The van der Waals surface area contributed by atoms with Gasteiger partial charge in [0.1, 0.15) is 11.5 Å². The SMILES string of the molecule is Cc1c(NC(=O)CCc2ccccc2F)c(=O)n(-c2ccccc2)n1C. The zero-order chi connectivity index (χ0) is 18.7. The summed E-state index contributed by atoms with van der Waals surface area (Å²) in [5.41, 5.74) is 1.80. The highest BCUT2D eigenvalue weighted by Gasteiger charge is 2.18. The van der Waals surface area contributed by atoms with Crippen molar-refractivity contribution in [1.29, 1.82) is 0 Å². The van der Waals surface area contributed by atoms with Gasteiger partial charge in [-0.05, 0) is 37.1 Å². The second-order valence-corrected chi connectivity index (χ2v) is 6.08. The smallest absolute Gasteiger partial charge is 0.295 e. The fourth-order valence-corrected chi connectivity index (χ4v) is 2.86. The summed E-state index contributed by atoms with van der Waals surface area (Å²) in [5.74, 6) is -0.651. The molecule has 1 N–H and O–H groups in total. The molecule has 26 heavy (non-hydrogen) atoms. The lowest BCUT2D eigenvalue weighted by molar-refractivity contribution is -0.116. The number of aromatic nitrogens is 2. The number of para-hydroxylation sites is 1. The van der Waals surface area contributed by atoms with Gasteiger partial charge in [0.25, 0.3) is 5.56 Å². The van der Waals surface area contributed by atoms with Gasteiger partial charge < -0.3 is 5.32 Å². The van der Waals surface area contributed by atoms with Crippen molar-refractivity contribution in [2.75, 3.05) is 5.32 Å². The third kappa shape index (κ3) is 3.44. The minimum absolute atomic E-state index is 0.0973. The van der Waals surface area contributed by atoms with Crippen molar-refractivity contribution in [2.45, 2.75) is 19.8 Å².